The number of hydrogen-bond acceptors (Lipinski definition) is 6. The Labute approximate surface area is 139 Å². The van der Waals surface area contributed by atoms with Crippen molar-refractivity contribution in [2.45, 2.75) is 39.7 Å². The maximum atomic E-state index is 12.1. The predicted octanol–water partition coefficient (Wildman–Crippen LogP) is -0.442. The molecule has 0 aromatic carbocycles. The van der Waals surface area contributed by atoms with Crippen LogP contribution in [0.2, 0.25) is 0 Å². The van der Waals surface area contributed by atoms with Crippen molar-refractivity contribution < 1.29 is 26.3 Å². The number of fused-ring (bicyclic) bond motifs is 1. The molecule has 0 aliphatic heterocycles. The van der Waals surface area contributed by atoms with E-state index in [9.17, 15) is 19.5 Å². The van der Waals surface area contributed by atoms with Crippen LogP contribution >= 0.6 is 0 Å². The van der Waals surface area contributed by atoms with Crippen LogP contribution in [0.4, 0.5) is 0 Å². The molecule has 2 aromatic rings. The fourth-order valence-corrected chi connectivity index (χ4v) is 2.14. The quantitative estimate of drug-likeness (QED) is 0.773. The number of pyridine rings is 1. The van der Waals surface area contributed by atoms with E-state index in [2.05, 4.69) is 4.98 Å². The minimum atomic E-state index is -1.90. The molecule has 24 heavy (non-hydrogen) atoms. The third-order valence-corrected chi connectivity index (χ3v) is 3.34. The lowest BCUT2D eigenvalue weighted by atomic mass is 10.2. The Hall–Kier alpha value is -2.74. The smallest absolute Gasteiger partial charge is 0.547 e. The van der Waals surface area contributed by atoms with Gasteiger partial charge in [0, 0.05) is 17.0 Å². The first kappa shape index (κ1) is 19.3. The Morgan fingerprint density at radius 3 is 2.46 bits per heavy atom. The summed E-state index contributed by atoms with van der Waals surface area (Å²) in [5.74, 6) is -3.14. The molecule has 2 aromatic heterocycles. The largest absolute Gasteiger partial charge is 1.00 e. The summed E-state index contributed by atoms with van der Waals surface area (Å²) in [5.41, 5.74) is 3.38. The summed E-state index contributed by atoms with van der Waals surface area (Å²) in [5, 5.41) is 25.7. The zero-order chi connectivity index (χ0) is 18.4. The fourth-order valence-electron chi connectivity index (χ4n) is 2.14. The van der Waals surface area contributed by atoms with Gasteiger partial charge >= 0.3 is 7.40 Å². The molecule has 130 valence electrons. The van der Waals surface area contributed by atoms with Crippen LogP contribution in [-0.4, -0.2) is 37.6 Å². The molecule has 2 rings (SSSR count). The van der Waals surface area contributed by atoms with Gasteiger partial charge in [0.2, 0.25) is 0 Å². The van der Waals surface area contributed by atoms with E-state index in [0.717, 1.165) is 29.0 Å². The van der Waals surface area contributed by atoms with Crippen LogP contribution in [0.1, 0.15) is 31.7 Å². The van der Waals surface area contributed by atoms with Crippen molar-refractivity contribution in [2.75, 3.05) is 0 Å². The first-order valence-electron chi connectivity index (χ1n) is 7.27. The summed E-state index contributed by atoms with van der Waals surface area (Å²) in [4.78, 5) is 35.8. The second-order valence-electron chi connectivity index (χ2n) is 5.13. The van der Waals surface area contributed by atoms with E-state index in [0.29, 0.717) is 0 Å². The van der Waals surface area contributed by atoms with Crippen LogP contribution in [0.3, 0.4) is 0 Å². The maximum Gasteiger partial charge on any atom is 1.00 e. The summed E-state index contributed by atoms with van der Waals surface area (Å²) in [7, 11) is 0. The van der Waals surface area contributed by atoms with Gasteiger partial charge in [-0.2, -0.15) is 0 Å². The molecule has 8 nitrogen and oxygen atoms in total. The van der Waals surface area contributed by atoms with Gasteiger partial charge < -0.3 is 20.1 Å². The van der Waals surface area contributed by atoms with Crippen molar-refractivity contribution in [3.8, 4) is 0 Å². The lowest BCUT2D eigenvalue weighted by molar-refractivity contribution is -0.315. The number of aryl methyl sites for hydroxylation is 2. The highest BCUT2D eigenvalue weighted by Gasteiger charge is 2.09. The molecule has 0 amide bonds. The number of aliphatic carboxylic acids is 2. The van der Waals surface area contributed by atoms with Crippen molar-refractivity contribution in [3.63, 3.8) is 0 Å². The zero-order valence-electron chi connectivity index (χ0n) is 14.6. The Morgan fingerprint density at radius 2 is 2.00 bits per heavy atom. The molecule has 0 fully saturated rings. The standard InChI is InChI=1S/C12H14N2O.C4H6O5/c1-4-10-9(3)13-11-7-5-6-8(2)14(11)12(10)15;5-2(4(8)9)1-3(6)7/h5-7H,4H2,1-3H3;2,5H,1H2,(H,6,7)(H,8,9). The highest BCUT2D eigenvalue weighted by molar-refractivity contribution is 5.77. The second-order valence-corrected chi connectivity index (χ2v) is 5.13. The van der Waals surface area contributed by atoms with E-state index in [-0.39, 0.29) is 6.99 Å². The van der Waals surface area contributed by atoms with Gasteiger partial charge in [0.15, 0.2) is 0 Å². The molecule has 8 heteroatoms. The number of carbonyl (C=O) groups excluding carboxylic acids is 1. The van der Waals surface area contributed by atoms with Crippen LogP contribution in [-0.2, 0) is 16.0 Å². The van der Waals surface area contributed by atoms with E-state index >= 15 is 0 Å². The second kappa shape index (κ2) is 8.21. The average molecular weight is 336 g/mol. The van der Waals surface area contributed by atoms with Crippen LogP contribution in [0.25, 0.3) is 5.65 Å². The third-order valence-electron chi connectivity index (χ3n) is 3.34. The monoisotopic (exact) mass is 336 g/mol. The molecule has 0 bridgehead atoms. The Balaban J connectivity index is 0.000000504. The lowest BCUT2D eigenvalue weighted by Crippen LogP contribution is -2.36. The van der Waals surface area contributed by atoms with Gasteiger partial charge in [0.05, 0.1) is 12.4 Å². The maximum absolute atomic E-state index is 12.1. The zero-order valence-corrected chi connectivity index (χ0v) is 13.6. The SMILES string of the molecule is CCc1c(C)nc2cccc(C)n2c1=O.O=C(O)CC(O)C(=O)[O-].[H+]. The van der Waals surface area contributed by atoms with Gasteiger partial charge in [0.25, 0.3) is 5.56 Å². The van der Waals surface area contributed by atoms with Crippen LogP contribution in [0.5, 0.6) is 0 Å². The molecule has 0 saturated heterocycles. The Bertz CT molecular complexity index is 818. The predicted molar refractivity (Wildman–Crippen MR) is 84.7 cm³/mol. The van der Waals surface area contributed by atoms with Gasteiger partial charge in [-0.05, 0) is 32.4 Å². The van der Waals surface area contributed by atoms with Gasteiger partial charge in [-0.3, -0.25) is 14.0 Å². The van der Waals surface area contributed by atoms with Crippen molar-refractivity contribution in [2.24, 2.45) is 0 Å². The molecule has 0 saturated carbocycles. The molecule has 0 spiro atoms. The highest BCUT2D eigenvalue weighted by atomic mass is 16.4. The molecular formula is C16H20N2O6. The van der Waals surface area contributed by atoms with Crippen molar-refractivity contribution in [3.05, 3.63) is 45.5 Å². The minimum absolute atomic E-state index is 0. The molecule has 0 aliphatic rings. The normalized spacial score (nSPS) is 11.5. The van der Waals surface area contributed by atoms with E-state index in [4.69, 9.17) is 10.2 Å². The first-order valence-corrected chi connectivity index (χ1v) is 7.27. The molecular weight excluding hydrogens is 316 g/mol. The number of hydrogen-bond donors (Lipinski definition) is 2. The number of aliphatic hydroxyl groups excluding tert-OH is 1. The Morgan fingerprint density at radius 1 is 1.38 bits per heavy atom. The topological polar surface area (TPSA) is 132 Å². The average Bonchev–Trinajstić information content (AvgIpc) is 2.47. The number of rotatable bonds is 4. The van der Waals surface area contributed by atoms with Crippen molar-refractivity contribution >= 4 is 17.6 Å². The summed E-state index contributed by atoms with van der Waals surface area (Å²) in [6, 6.07) is 5.70. The van der Waals surface area contributed by atoms with E-state index < -0.39 is 24.5 Å². The van der Waals surface area contributed by atoms with Gasteiger partial charge in [-0.25, -0.2) is 4.98 Å². The van der Waals surface area contributed by atoms with Crippen molar-refractivity contribution in [1.82, 2.24) is 9.38 Å². The minimum Gasteiger partial charge on any atom is -0.547 e. The number of nitrogens with zero attached hydrogens (tertiary/aromatic N) is 2. The van der Waals surface area contributed by atoms with Gasteiger partial charge in [-0.15, -0.1) is 0 Å². The van der Waals surface area contributed by atoms with Crippen LogP contribution in [0, 0.1) is 13.8 Å². The summed E-state index contributed by atoms with van der Waals surface area (Å²) in [6.07, 6.45) is -1.99. The Kier molecular flexibility index (Phi) is 6.60. The van der Waals surface area contributed by atoms with Gasteiger partial charge in [0.1, 0.15) is 11.8 Å². The number of carboxylic acid groups (broad SMARTS) is 2. The van der Waals surface area contributed by atoms with E-state index in [1.807, 2.05) is 39.0 Å². The fraction of sp³-hybridized carbons (Fsp3) is 0.375. The van der Waals surface area contributed by atoms with Crippen molar-refractivity contribution in [1.29, 1.82) is 0 Å². The molecule has 2 heterocycles. The summed E-state index contributed by atoms with van der Waals surface area (Å²) >= 11 is 0. The van der Waals surface area contributed by atoms with Crippen LogP contribution < -0.4 is 10.7 Å². The van der Waals surface area contributed by atoms with Gasteiger partial charge in [-0.1, -0.05) is 13.0 Å². The summed E-state index contributed by atoms with van der Waals surface area (Å²) in [6.45, 7) is 5.80. The highest BCUT2D eigenvalue weighted by Crippen LogP contribution is 2.06. The van der Waals surface area contributed by atoms with E-state index in [1.54, 1.807) is 4.40 Å². The first-order chi connectivity index (χ1) is 11.2. The molecule has 0 aliphatic carbocycles. The summed E-state index contributed by atoms with van der Waals surface area (Å²) < 4.78 is 1.67. The molecule has 1 atom stereocenters. The molecule has 2 N–H and O–H groups in total. The lowest BCUT2D eigenvalue weighted by Gasteiger charge is -2.08. The number of carbonyl (C=O) groups is 2. The molecule has 1 unspecified atom stereocenters. The van der Waals surface area contributed by atoms with E-state index in [1.165, 1.54) is 0 Å². The molecule has 0 radical (unpaired) electrons. The number of aromatic nitrogens is 2. The number of aliphatic hydroxyl groups is 1. The third kappa shape index (κ3) is 4.63. The van der Waals surface area contributed by atoms with Crippen LogP contribution in [0.15, 0.2) is 23.0 Å². The number of carboxylic acids is 2.